The molecule has 3 unspecified atom stereocenters. The van der Waals surface area contributed by atoms with Crippen molar-refractivity contribution in [2.24, 2.45) is 17.3 Å². The summed E-state index contributed by atoms with van der Waals surface area (Å²) in [7, 11) is 2.14. The van der Waals surface area contributed by atoms with Gasteiger partial charge in [-0.1, -0.05) is 41.0 Å². The summed E-state index contributed by atoms with van der Waals surface area (Å²) >= 11 is 0. The van der Waals surface area contributed by atoms with Crippen LogP contribution >= 0.6 is 0 Å². The first kappa shape index (κ1) is 18.5. The molecule has 21 heavy (non-hydrogen) atoms. The van der Waals surface area contributed by atoms with E-state index in [4.69, 9.17) is 0 Å². The second kappa shape index (κ2) is 7.62. The van der Waals surface area contributed by atoms with E-state index >= 15 is 0 Å². The fourth-order valence-corrected chi connectivity index (χ4v) is 4.02. The molecule has 1 saturated carbocycles. The highest BCUT2D eigenvalue weighted by atomic mass is 16.4. The highest BCUT2D eigenvalue weighted by Gasteiger charge is 2.42. The maximum Gasteiger partial charge on any atom is 0.308 e. The molecule has 0 radical (unpaired) electrons. The quantitative estimate of drug-likeness (QED) is 0.756. The molecule has 124 valence electrons. The maximum atomic E-state index is 11.7. The molecule has 1 N–H and O–H groups in total. The van der Waals surface area contributed by atoms with E-state index in [1.165, 1.54) is 0 Å². The molecule has 0 bridgehead atoms. The third-order valence-electron chi connectivity index (χ3n) is 6.19. The van der Waals surface area contributed by atoms with Crippen LogP contribution in [0.3, 0.4) is 0 Å². The first-order valence-electron chi connectivity index (χ1n) is 8.73. The lowest BCUT2D eigenvalue weighted by Crippen LogP contribution is -2.50. The monoisotopic (exact) mass is 297 g/mol. The van der Waals surface area contributed by atoms with Crippen LogP contribution < -0.4 is 0 Å². The van der Waals surface area contributed by atoms with Crippen molar-refractivity contribution in [3.63, 3.8) is 0 Å². The third-order valence-corrected chi connectivity index (χ3v) is 6.19. The van der Waals surface area contributed by atoms with Gasteiger partial charge in [0.2, 0.25) is 0 Å². The van der Waals surface area contributed by atoms with Crippen molar-refractivity contribution in [3.05, 3.63) is 0 Å². The van der Waals surface area contributed by atoms with Gasteiger partial charge in [-0.2, -0.15) is 0 Å². The Morgan fingerprint density at radius 1 is 1.24 bits per heavy atom. The van der Waals surface area contributed by atoms with Gasteiger partial charge >= 0.3 is 5.97 Å². The van der Waals surface area contributed by atoms with Gasteiger partial charge in [-0.25, -0.2) is 0 Å². The van der Waals surface area contributed by atoms with Gasteiger partial charge in [-0.15, -0.1) is 0 Å². The summed E-state index contributed by atoms with van der Waals surface area (Å²) in [5.41, 5.74) is 0.316. The van der Waals surface area contributed by atoms with Crippen LogP contribution in [0, 0.1) is 17.3 Å². The maximum absolute atomic E-state index is 11.7. The average Bonchev–Trinajstić information content (AvgIpc) is 2.47. The summed E-state index contributed by atoms with van der Waals surface area (Å²) in [6.45, 7) is 11.3. The van der Waals surface area contributed by atoms with Crippen LogP contribution in [0.2, 0.25) is 0 Å². The topological polar surface area (TPSA) is 40.5 Å². The molecule has 0 aromatic heterocycles. The molecule has 0 spiro atoms. The molecule has 1 aliphatic rings. The summed E-state index contributed by atoms with van der Waals surface area (Å²) in [6.07, 6.45) is 6.28. The second-order valence-electron chi connectivity index (χ2n) is 7.50. The molecule has 0 amide bonds. The Kier molecular flexibility index (Phi) is 6.71. The number of nitrogens with zero attached hydrogens (tertiary/aromatic N) is 1. The number of aliphatic carboxylic acids is 1. The van der Waals surface area contributed by atoms with Crippen molar-refractivity contribution in [2.45, 2.75) is 85.2 Å². The molecular weight excluding hydrogens is 262 g/mol. The molecule has 0 aliphatic heterocycles. The minimum atomic E-state index is -0.606. The van der Waals surface area contributed by atoms with Crippen LogP contribution in [0.15, 0.2) is 0 Å². The predicted octanol–water partition coefficient (Wildman–Crippen LogP) is 4.41. The fourth-order valence-electron chi connectivity index (χ4n) is 4.02. The van der Waals surface area contributed by atoms with E-state index in [0.717, 1.165) is 38.5 Å². The van der Waals surface area contributed by atoms with Crippen molar-refractivity contribution >= 4 is 5.97 Å². The lowest BCUT2D eigenvalue weighted by molar-refractivity contribution is -0.147. The first-order valence-corrected chi connectivity index (χ1v) is 8.73. The van der Waals surface area contributed by atoms with E-state index in [9.17, 15) is 9.90 Å². The highest BCUT2D eigenvalue weighted by Crippen LogP contribution is 2.44. The summed E-state index contributed by atoms with van der Waals surface area (Å²) < 4.78 is 0. The Hall–Kier alpha value is -0.570. The fraction of sp³-hybridized carbons (Fsp3) is 0.944. The van der Waals surface area contributed by atoms with Crippen molar-refractivity contribution < 1.29 is 9.90 Å². The number of rotatable bonds is 7. The number of carboxylic acids is 1. The summed E-state index contributed by atoms with van der Waals surface area (Å²) in [5, 5.41) is 9.60. The van der Waals surface area contributed by atoms with Crippen molar-refractivity contribution in [3.8, 4) is 0 Å². The standard InChI is InChI=1S/C18H35NO2/c1-7-14(8-2)19(6)16-12-13(18(4,5)9-3)10-11-15(16)17(20)21/h13-16H,7-12H2,1-6H3,(H,20,21). The molecule has 1 aliphatic carbocycles. The lowest BCUT2D eigenvalue weighted by atomic mass is 9.65. The number of hydrogen-bond acceptors (Lipinski definition) is 2. The van der Waals surface area contributed by atoms with Gasteiger partial charge in [-0.3, -0.25) is 9.69 Å². The minimum absolute atomic E-state index is 0.192. The number of carbonyl (C=O) groups is 1. The van der Waals surface area contributed by atoms with Gasteiger partial charge in [0.05, 0.1) is 5.92 Å². The van der Waals surface area contributed by atoms with Crippen LogP contribution in [-0.2, 0) is 4.79 Å². The van der Waals surface area contributed by atoms with E-state index in [-0.39, 0.29) is 12.0 Å². The van der Waals surface area contributed by atoms with Crippen molar-refractivity contribution in [2.75, 3.05) is 7.05 Å². The molecule has 1 rings (SSSR count). The van der Waals surface area contributed by atoms with Crippen LogP contribution in [0.5, 0.6) is 0 Å². The minimum Gasteiger partial charge on any atom is -0.481 e. The summed E-state index contributed by atoms with van der Waals surface area (Å²) in [6, 6.07) is 0.692. The second-order valence-corrected chi connectivity index (χ2v) is 7.50. The van der Waals surface area contributed by atoms with Crippen LogP contribution in [0.25, 0.3) is 0 Å². The van der Waals surface area contributed by atoms with Gasteiger partial charge in [0.25, 0.3) is 0 Å². The molecule has 3 heteroatoms. The van der Waals surface area contributed by atoms with E-state index < -0.39 is 5.97 Å². The van der Waals surface area contributed by atoms with E-state index in [1.54, 1.807) is 0 Å². The smallest absolute Gasteiger partial charge is 0.308 e. The van der Waals surface area contributed by atoms with Crippen LogP contribution in [-0.4, -0.2) is 35.1 Å². The van der Waals surface area contributed by atoms with Crippen LogP contribution in [0.4, 0.5) is 0 Å². The molecule has 0 saturated heterocycles. The Morgan fingerprint density at radius 2 is 1.81 bits per heavy atom. The zero-order valence-electron chi connectivity index (χ0n) is 14.9. The van der Waals surface area contributed by atoms with Crippen molar-refractivity contribution in [1.82, 2.24) is 4.90 Å². The summed E-state index contributed by atoms with van der Waals surface area (Å²) in [4.78, 5) is 14.0. The van der Waals surface area contributed by atoms with Gasteiger partial charge in [-0.05, 0) is 50.5 Å². The number of hydrogen-bond donors (Lipinski definition) is 1. The van der Waals surface area contributed by atoms with E-state index in [2.05, 4.69) is 46.6 Å². The molecule has 3 nitrogen and oxygen atoms in total. The van der Waals surface area contributed by atoms with E-state index in [1.807, 2.05) is 0 Å². The molecule has 0 heterocycles. The Bertz CT molecular complexity index is 336. The van der Waals surface area contributed by atoms with E-state index in [0.29, 0.717) is 17.4 Å². The average molecular weight is 297 g/mol. The first-order chi connectivity index (χ1) is 9.78. The van der Waals surface area contributed by atoms with Gasteiger partial charge in [0.15, 0.2) is 0 Å². The largest absolute Gasteiger partial charge is 0.481 e. The lowest BCUT2D eigenvalue weighted by Gasteiger charge is -2.46. The zero-order chi connectivity index (χ0) is 16.2. The Labute approximate surface area is 131 Å². The van der Waals surface area contributed by atoms with Gasteiger partial charge in [0.1, 0.15) is 0 Å². The number of carboxylic acid groups (broad SMARTS) is 1. The molecule has 1 fully saturated rings. The third kappa shape index (κ3) is 4.21. The van der Waals surface area contributed by atoms with Gasteiger partial charge < -0.3 is 5.11 Å². The normalized spacial score (nSPS) is 27.3. The van der Waals surface area contributed by atoms with Crippen LogP contribution in [0.1, 0.15) is 73.1 Å². The molecular formula is C18H35NO2. The summed E-state index contributed by atoms with van der Waals surface area (Å²) in [5.74, 6) is -0.162. The molecule has 0 aromatic rings. The highest BCUT2D eigenvalue weighted by molar-refractivity contribution is 5.71. The Morgan fingerprint density at radius 3 is 2.24 bits per heavy atom. The van der Waals surface area contributed by atoms with Gasteiger partial charge in [0, 0.05) is 12.1 Å². The SMILES string of the molecule is CCC(CC)N(C)C1CC(C(C)(C)CC)CCC1C(=O)O. The van der Waals surface area contributed by atoms with Crippen molar-refractivity contribution in [1.29, 1.82) is 0 Å². The molecule has 0 aromatic carbocycles. The predicted molar refractivity (Wildman–Crippen MR) is 88.5 cm³/mol. The Balaban J connectivity index is 2.94. The zero-order valence-corrected chi connectivity index (χ0v) is 14.9. The molecule has 3 atom stereocenters.